The van der Waals surface area contributed by atoms with Crippen molar-refractivity contribution >= 4 is 22.9 Å². The third kappa shape index (κ3) is 3.56. The van der Waals surface area contributed by atoms with E-state index in [0.29, 0.717) is 11.9 Å². The highest BCUT2D eigenvalue weighted by molar-refractivity contribution is 6.28. The summed E-state index contributed by atoms with van der Waals surface area (Å²) in [6.07, 6.45) is 4.38. The summed E-state index contributed by atoms with van der Waals surface area (Å²) in [5.41, 5.74) is 4.54. The van der Waals surface area contributed by atoms with Crippen LogP contribution in [0.15, 0.2) is 48.3 Å². The fourth-order valence-corrected chi connectivity index (χ4v) is 2.47. The van der Waals surface area contributed by atoms with Crippen LogP contribution >= 0.6 is 11.6 Å². The zero-order valence-electron chi connectivity index (χ0n) is 13.4. The fraction of sp³-hybridized carbons (Fsp3) is 0.294. The zero-order chi connectivity index (χ0) is 16.6. The SMILES string of the molecule is C=C(/C=C(\C)C(=C)NC1CC1)Nc1nc(Cl)nn2c(C)ccc12. The number of nitrogens with zero attached hydrogens (tertiary/aromatic N) is 3. The molecule has 0 radical (unpaired) electrons. The Kier molecular flexibility index (Phi) is 4.13. The van der Waals surface area contributed by atoms with Gasteiger partial charge in [-0.15, -0.1) is 5.10 Å². The van der Waals surface area contributed by atoms with Crippen LogP contribution in [0.3, 0.4) is 0 Å². The van der Waals surface area contributed by atoms with Gasteiger partial charge in [-0.25, -0.2) is 4.52 Å². The Morgan fingerprint density at radius 3 is 2.83 bits per heavy atom. The summed E-state index contributed by atoms with van der Waals surface area (Å²) >= 11 is 6.00. The van der Waals surface area contributed by atoms with Gasteiger partial charge in [-0.3, -0.25) is 0 Å². The molecule has 0 saturated heterocycles. The van der Waals surface area contributed by atoms with Gasteiger partial charge in [-0.2, -0.15) is 4.98 Å². The van der Waals surface area contributed by atoms with E-state index in [4.69, 9.17) is 11.6 Å². The van der Waals surface area contributed by atoms with Crippen molar-refractivity contribution in [3.8, 4) is 0 Å². The maximum absolute atomic E-state index is 6.00. The van der Waals surface area contributed by atoms with Crippen LogP contribution in [0.5, 0.6) is 0 Å². The van der Waals surface area contributed by atoms with E-state index in [9.17, 15) is 0 Å². The standard InChI is InChI=1S/C17H20ClN5/c1-10(13(4)20-14-6-7-14)9-11(2)19-16-15-8-5-12(3)23(15)22-17(18)21-16/h5,8-9,14,20H,2,4,6-7H2,1,3H3,(H,19,21,22)/b10-9+. The largest absolute Gasteiger partial charge is 0.383 e. The van der Waals surface area contributed by atoms with Crippen molar-refractivity contribution in [2.45, 2.75) is 32.7 Å². The van der Waals surface area contributed by atoms with E-state index in [0.717, 1.165) is 28.2 Å². The van der Waals surface area contributed by atoms with Gasteiger partial charge in [0.1, 0.15) is 5.52 Å². The number of hydrogen-bond donors (Lipinski definition) is 2. The van der Waals surface area contributed by atoms with Crippen LogP contribution in [-0.4, -0.2) is 20.6 Å². The average Bonchev–Trinajstić information content (AvgIpc) is 3.21. The minimum Gasteiger partial charge on any atom is -0.383 e. The van der Waals surface area contributed by atoms with Crippen molar-refractivity contribution in [1.29, 1.82) is 0 Å². The molecule has 0 aromatic carbocycles. The zero-order valence-corrected chi connectivity index (χ0v) is 14.1. The smallest absolute Gasteiger partial charge is 0.243 e. The molecular weight excluding hydrogens is 310 g/mol. The van der Waals surface area contributed by atoms with Gasteiger partial charge in [-0.1, -0.05) is 13.2 Å². The normalized spacial score (nSPS) is 14.8. The van der Waals surface area contributed by atoms with Crippen LogP contribution in [0.1, 0.15) is 25.5 Å². The van der Waals surface area contributed by atoms with Crippen LogP contribution in [0.25, 0.3) is 5.52 Å². The molecule has 2 aromatic rings. The second-order valence-electron chi connectivity index (χ2n) is 5.88. The van der Waals surface area contributed by atoms with Crippen LogP contribution < -0.4 is 10.6 Å². The van der Waals surface area contributed by atoms with Crippen LogP contribution in [0.4, 0.5) is 5.82 Å². The van der Waals surface area contributed by atoms with Crippen LogP contribution in [0.2, 0.25) is 5.28 Å². The molecule has 23 heavy (non-hydrogen) atoms. The molecule has 0 aliphatic heterocycles. The first kappa shape index (κ1) is 15.6. The van der Waals surface area contributed by atoms with Crippen molar-refractivity contribution in [3.05, 3.63) is 59.3 Å². The van der Waals surface area contributed by atoms with E-state index in [2.05, 4.69) is 33.9 Å². The second kappa shape index (κ2) is 6.08. The Labute approximate surface area is 140 Å². The van der Waals surface area contributed by atoms with Gasteiger partial charge in [0.05, 0.1) is 0 Å². The number of hydrogen-bond acceptors (Lipinski definition) is 4. The number of fused-ring (bicyclic) bond motifs is 1. The molecule has 0 bridgehead atoms. The minimum atomic E-state index is 0.188. The van der Waals surface area contributed by atoms with Crippen molar-refractivity contribution in [2.75, 3.05) is 5.32 Å². The highest BCUT2D eigenvalue weighted by Gasteiger charge is 2.21. The summed E-state index contributed by atoms with van der Waals surface area (Å²) in [6.45, 7) is 12.1. The predicted octanol–water partition coefficient (Wildman–Crippen LogP) is 3.83. The van der Waals surface area contributed by atoms with Crippen molar-refractivity contribution in [1.82, 2.24) is 19.9 Å². The Balaban J connectivity index is 1.78. The maximum Gasteiger partial charge on any atom is 0.243 e. The molecule has 2 N–H and O–H groups in total. The molecule has 1 aliphatic carbocycles. The molecule has 1 aliphatic rings. The summed E-state index contributed by atoms with van der Waals surface area (Å²) < 4.78 is 1.76. The van der Waals surface area contributed by atoms with Gasteiger partial charge < -0.3 is 10.6 Å². The maximum atomic E-state index is 6.00. The van der Waals surface area contributed by atoms with Gasteiger partial charge in [-0.05, 0) is 62.1 Å². The highest BCUT2D eigenvalue weighted by atomic mass is 35.5. The number of halogens is 1. The lowest BCUT2D eigenvalue weighted by Crippen LogP contribution is -2.15. The van der Waals surface area contributed by atoms with E-state index in [-0.39, 0.29) is 5.28 Å². The Hall–Kier alpha value is -2.27. The fourth-order valence-electron chi connectivity index (χ4n) is 2.31. The summed E-state index contributed by atoms with van der Waals surface area (Å²) in [6, 6.07) is 4.50. The number of allylic oxidation sites excluding steroid dienone is 2. The Bertz CT molecular complexity index is 814. The number of rotatable bonds is 6. The van der Waals surface area contributed by atoms with Crippen LogP contribution in [-0.2, 0) is 0 Å². The van der Waals surface area contributed by atoms with Crippen molar-refractivity contribution in [3.63, 3.8) is 0 Å². The Morgan fingerprint density at radius 1 is 1.39 bits per heavy atom. The van der Waals surface area contributed by atoms with E-state index in [1.807, 2.05) is 32.1 Å². The lowest BCUT2D eigenvalue weighted by atomic mass is 10.2. The first-order valence-electron chi connectivity index (χ1n) is 7.56. The van der Waals surface area contributed by atoms with Gasteiger partial charge in [0.15, 0.2) is 5.82 Å². The molecular formula is C17H20ClN5. The van der Waals surface area contributed by atoms with Gasteiger partial charge in [0.2, 0.25) is 5.28 Å². The molecule has 120 valence electrons. The van der Waals surface area contributed by atoms with Gasteiger partial charge in [0, 0.05) is 23.1 Å². The third-order valence-corrected chi connectivity index (χ3v) is 3.94. The molecule has 0 amide bonds. The number of aryl methyl sites for hydroxylation is 1. The third-order valence-electron chi connectivity index (χ3n) is 3.78. The molecule has 1 saturated carbocycles. The molecule has 6 heteroatoms. The molecule has 1 fully saturated rings. The summed E-state index contributed by atoms with van der Waals surface area (Å²) in [5.74, 6) is 0.632. The molecule has 2 heterocycles. The molecule has 0 atom stereocenters. The Morgan fingerprint density at radius 2 is 2.13 bits per heavy atom. The number of anilines is 1. The lowest BCUT2D eigenvalue weighted by molar-refractivity contribution is 0.816. The van der Waals surface area contributed by atoms with Crippen molar-refractivity contribution < 1.29 is 0 Å². The quantitative estimate of drug-likeness (QED) is 0.791. The first-order chi connectivity index (χ1) is 10.9. The van der Waals surface area contributed by atoms with Crippen molar-refractivity contribution in [2.24, 2.45) is 0 Å². The minimum absolute atomic E-state index is 0.188. The topological polar surface area (TPSA) is 54.2 Å². The number of nitrogens with one attached hydrogen (secondary N) is 2. The predicted molar refractivity (Wildman–Crippen MR) is 94.6 cm³/mol. The van der Waals surface area contributed by atoms with E-state index in [1.165, 1.54) is 12.8 Å². The van der Waals surface area contributed by atoms with Gasteiger partial charge in [0.25, 0.3) is 0 Å². The van der Waals surface area contributed by atoms with E-state index in [1.54, 1.807) is 4.52 Å². The van der Waals surface area contributed by atoms with Gasteiger partial charge >= 0.3 is 0 Å². The van der Waals surface area contributed by atoms with E-state index >= 15 is 0 Å². The first-order valence-corrected chi connectivity index (χ1v) is 7.94. The molecule has 0 unspecified atom stereocenters. The molecule has 2 aromatic heterocycles. The monoisotopic (exact) mass is 329 g/mol. The molecule has 5 nitrogen and oxygen atoms in total. The average molecular weight is 330 g/mol. The molecule has 0 spiro atoms. The highest BCUT2D eigenvalue weighted by Crippen LogP contribution is 2.23. The summed E-state index contributed by atoms with van der Waals surface area (Å²) in [7, 11) is 0. The summed E-state index contributed by atoms with van der Waals surface area (Å²) in [5, 5.41) is 11.0. The second-order valence-corrected chi connectivity index (χ2v) is 6.21. The van der Waals surface area contributed by atoms with E-state index < -0.39 is 0 Å². The summed E-state index contributed by atoms with van der Waals surface area (Å²) in [4.78, 5) is 4.26. The molecule has 3 rings (SSSR count). The van der Waals surface area contributed by atoms with Crippen LogP contribution in [0, 0.1) is 6.92 Å². The number of aromatic nitrogens is 3. The lowest BCUT2D eigenvalue weighted by Gasteiger charge is -2.11.